The van der Waals surface area contributed by atoms with E-state index in [0.717, 1.165) is 22.3 Å². The van der Waals surface area contributed by atoms with Gasteiger partial charge in [-0.1, -0.05) is 54.6 Å². The maximum absolute atomic E-state index is 11.8. The summed E-state index contributed by atoms with van der Waals surface area (Å²) in [6.45, 7) is 0.800. The lowest BCUT2D eigenvalue weighted by Crippen LogP contribution is -2.08. The Hall–Kier alpha value is -4.30. The molecule has 32 heavy (non-hydrogen) atoms. The van der Waals surface area contributed by atoms with Crippen LogP contribution in [0, 0.1) is 11.3 Å². The molecule has 0 aromatic heterocycles. The van der Waals surface area contributed by atoms with E-state index in [2.05, 4.69) is 6.07 Å². The SMILES string of the molecule is N#Cc1ccc(-c2ccc(OCCCOc3ccc4ccccc4c3C(=O)O)cc2)cc1. The number of aromatic carboxylic acids is 1. The third-order valence-corrected chi connectivity index (χ3v) is 5.12. The highest BCUT2D eigenvalue weighted by molar-refractivity contribution is 6.06. The van der Waals surface area contributed by atoms with Crippen molar-refractivity contribution in [2.45, 2.75) is 6.42 Å². The highest BCUT2D eigenvalue weighted by Crippen LogP contribution is 2.28. The lowest BCUT2D eigenvalue weighted by atomic mass is 10.0. The molecule has 0 atom stereocenters. The average molecular weight is 423 g/mol. The van der Waals surface area contributed by atoms with Gasteiger partial charge in [0.25, 0.3) is 0 Å². The predicted octanol–water partition coefficient (Wildman–Crippen LogP) is 5.92. The Kier molecular flexibility index (Phi) is 6.33. The van der Waals surface area contributed by atoms with E-state index in [9.17, 15) is 9.90 Å². The maximum Gasteiger partial charge on any atom is 0.340 e. The first-order chi connectivity index (χ1) is 15.7. The molecule has 0 saturated heterocycles. The van der Waals surface area contributed by atoms with Crippen LogP contribution in [0.5, 0.6) is 11.5 Å². The summed E-state index contributed by atoms with van der Waals surface area (Å²) in [5.74, 6) is 0.109. The second-order valence-corrected chi connectivity index (χ2v) is 7.23. The van der Waals surface area contributed by atoms with Gasteiger partial charge in [-0.05, 0) is 52.2 Å². The van der Waals surface area contributed by atoms with Gasteiger partial charge in [-0.25, -0.2) is 4.79 Å². The Balaban J connectivity index is 1.31. The van der Waals surface area contributed by atoms with Crippen LogP contribution in [0.2, 0.25) is 0 Å². The van der Waals surface area contributed by atoms with Crippen molar-refractivity contribution < 1.29 is 19.4 Å². The molecule has 4 aromatic rings. The molecule has 0 aliphatic carbocycles. The largest absolute Gasteiger partial charge is 0.493 e. The van der Waals surface area contributed by atoms with Gasteiger partial charge in [0.2, 0.25) is 0 Å². The summed E-state index contributed by atoms with van der Waals surface area (Å²) in [5, 5.41) is 20.1. The van der Waals surface area contributed by atoms with Crippen molar-refractivity contribution >= 4 is 16.7 Å². The lowest BCUT2D eigenvalue weighted by Gasteiger charge is -2.12. The molecule has 0 radical (unpaired) electrons. The van der Waals surface area contributed by atoms with Crippen LogP contribution >= 0.6 is 0 Å². The monoisotopic (exact) mass is 423 g/mol. The number of fused-ring (bicyclic) bond motifs is 1. The molecule has 5 nitrogen and oxygen atoms in total. The van der Waals surface area contributed by atoms with Crippen molar-refractivity contribution in [1.29, 1.82) is 5.26 Å². The minimum absolute atomic E-state index is 0.183. The third-order valence-electron chi connectivity index (χ3n) is 5.12. The van der Waals surface area contributed by atoms with E-state index in [0.29, 0.717) is 36.3 Å². The van der Waals surface area contributed by atoms with E-state index in [-0.39, 0.29) is 5.56 Å². The number of carboxylic acids is 1. The van der Waals surface area contributed by atoms with Crippen molar-refractivity contribution in [3.8, 4) is 28.7 Å². The van der Waals surface area contributed by atoms with Crippen LogP contribution in [0.15, 0.2) is 84.9 Å². The fraction of sp³-hybridized carbons (Fsp3) is 0.111. The molecule has 0 aliphatic rings. The molecular formula is C27H21NO4. The van der Waals surface area contributed by atoms with Gasteiger partial charge in [0.05, 0.1) is 24.8 Å². The van der Waals surface area contributed by atoms with Gasteiger partial charge in [-0.15, -0.1) is 0 Å². The van der Waals surface area contributed by atoms with Crippen LogP contribution in [0.3, 0.4) is 0 Å². The van der Waals surface area contributed by atoms with Gasteiger partial charge in [-0.3, -0.25) is 0 Å². The van der Waals surface area contributed by atoms with Crippen LogP contribution in [0.1, 0.15) is 22.3 Å². The number of carbonyl (C=O) groups is 1. The fourth-order valence-electron chi connectivity index (χ4n) is 3.50. The van der Waals surface area contributed by atoms with E-state index in [1.54, 1.807) is 24.3 Å². The van der Waals surface area contributed by atoms with E-state index < -0.39 is 5.97 Å². The molecule has 0 spiro atoms. The van der Waals surface area contributed by atoms with Gasteiger partial charge < -0.3 is 14.6 Å². The van der Waals surface area contributed by atoms with Gasteiger partial charge in [0.15, 0.2) is 0 Å². The van der Waals surface area contributed by atoms with E-state index in [1.165, 1.54) is 0 Å². The molecule has 0 fully saturated rings. The highest BCUT2D eigenvalue weighted by Gasteiger charge is 2.15. The Morgan fingerprint density at radius 2 is 1.47 bits per heavy atom. The molecule has 0 saturated carbocycles. The normalized spacial score (nSPS) is 10.5. The van der Waals surface area contributed by atoms with Crippen molar-refractivity contribution in [3.63, 3.8) is 0 Å². The van der Waals surface area contributed by atoms with E-state index >= 15 is 0 Å². The minimum atomic E-state index is -1.00. The summed E-state index contributed by atoms with van der Waals surface area (Å²) in [6.07, 6.45) is 0.614. The van der Waals surface area contributed by atoms with Crippen LogP contribution in [0.4, 0.5) is 0 Å². The first-order valence-corrected chi connectivity index (χ1v) is 10.3. The lowest BCUT2D eigenvalue weighted by molar-refractivity contribution is 0.0694. The number of benzene rings is 4. The summed E-state index contributed by atoms with van der Waals surface area (Å²) in [6, 6.07) is 28.2. The number of rotatable bonds is 8. The smallest absolute Gasteiger partial charge is 0.340 e. The van der Waals surface area contributed by atoms with Gasteiger partial charge in [-0.2, -0.15) is 5.26 Å². The molecule has 0 heterocycles. The van der Waals surface area contributed by atoms with Crippen LogP contribution in [-0.2, 0) is 0 Å². The molecule has 5 heteroatoms. The zero-order valence-corrected chi connectivity index (χ0v) is 17.3. The number of nitriles is 1. The second-order valence-electron chi connectivity index (χ2n) is 7.23. The van der Waals surface area contributed by atoms with Gasteiger partial charge >= 0.3 is 5.97 Å². The molecule has 0 amide bonds. The maximum atomic E-state index is 11.8. The number of carboxylic acid groups (broad SMARTS) is 1. The first-order valence-electron chi connectivity index (χ1n) is 10.3. The number of ether oxygens (including phenoxy) is 2. The molecule has 0 unspecified atom stereocenters. The molecule has 0 bridgehead atoms. The van der Waals surface area contributed by atoms with E-state index in [1.807, 2.05) is 60.7 Å². The molecule has 4 aromatic carbocycles. The Bertz CT molecular complexity index is 1270. The fourth-order valence-corrected chi connectivity index (χ4v) is 3.50. The second kappa shape index (κ2) is 9.67. The zero-order chi connectivity index (χ0) is 22.3. The molecule has 158 valence electrons. The number of hydrogen-bond donors (Lipinski definition) is 1. The van der Waals surface area contributed by atoms with Crippen molar-refractivity contribution in [2.75, 3.05) is 13.2 Å². The highest BCUT2D eigenvalue weighted by atomic mass is 16.5. The summed E-state index contributed by atoms with van der Waals surface area (Å²) in [5.41, 5.74) is 2.90. The van der Waals surface area contributed by atoms with Crippen molar-refractivity contribution in [2.24, 2.45) is 0 Å². The summed E-state index contributed by atoms with van der Waals surface area (Å²) in [4.78, 5) is 11.8. The Morgan fingerprint density at radius 3 is 2.16 bits per heavy atom. The minimum Gasteiger partial charge on any atom is -0.493 e. The van der Waals surface area contributed by atoms with E-state index in [4.69, 9.17) is 14.7 Å². The van der Waals surface area contributed by atoms with Gasteiger partial charge in [0, 0.05) is 6.42 Å². The van der Waals surface area contributed by atoms with Crippen LogP contribution in [0.25, 0.3) is 21.9 Å². The van der Waals surface area contributed by atoms with Crippen molar-refractivity contribution in [3.05, 3.63) is 96.1 Å². The Labute approximate surface area is 186 Å². The molecule has 4 rings (SSSR count). The van der Waals surface area contributed by atoms with Crippen LogP contribution < -0.4 is 9.47 Å². The van der Waals surface area contributed by atoms with Gasteiger partial charge in [0.1, 0.15) is 17.1 Å². The number of hydrogen-bond acceptors (Lipinski definition) is 4. The standard InChI is InChI=1S/C27H21NO4/c28-18-19-6-8-20(9-7-19)21-10-13-23(14-11-21)31-16-3-17-32-25-15-12-22-4-1-2-5-24(22)26(25)27(29)30/h1-2,4-15H,3,16-17H2,(H,29,30). The summed E-state index contributed by atoms with van der Waals surface area (Å²) in [7, 11) is 0. The summed E-state index contributed by atoms with van der Waals surface area (Å²) < 4.78 is 11.5. The average Bonchev–Trinajstić information content (AvgIpc) is 2.84. The predicted molar refractivity (Wildman–Crippen MR) is 123 cm³/mol. The third kappa shape index (κ3) is 4.71. The topological polar surface area (TPSA) is 79.5 Å². The zero-order valence-electron chi connectivity index (χ0n) is 17.3. The first kappa shape index (κ1) is 21.0. The van der Waals surface area contributed by atoms with Crippen LogP contribution in [-0.4, -0.2) is 24.3 Å². The van der Waals surface area contributed by atoms with Crippen molar-refractivity contribution in [1.82, 2.24) is 0 Å². The Morgan fingerprint density at radius 1 is 0.812 bits per heavy atom. The molecule has 0 aliphatic heterocycles. The quantitative estimate of drug-likeness (QED) is 0.356. The molecule has 1 N–H and O–H groups in total. The summed E-state index contributed by atoms with van der Waals surface area (Å²) >= 11 is 0. The number of nitrogens with zero attached hydrogens (tertiary/aromatic N) is 1. The molecular weight excluding hydrogens is 402 g/mol.